The Balaban J connectivity index is 1.48. The van der Waals surface area contributed by atoms with Gasteiger partial charge in [0.15, 0.2) is 0 Å². The highest BCUT2D eigenvalue weighted by molar-refractivity contribution is 6.30. The molecule has 1 fully saturated rings. The van der Waals surface area contributed by atoms with Crippen LogP contribution in [-0.4, -0.2) is 21.5 Å². The number of fused-ring (bicyclic) bond motifs is 1. The van der Waals surface area contributed by atoms with E-state index in [1.54, 1.807) is 0 Å². The Morgan fingerprint density at radius 3 is 3.00 bits per heavy atom. The molecule has 2 heterocycles. The van der Waals surface area contributed by atoms with Gasteiger partial charge < -0.3 is 9.88 Å². The summed E-state index contributed by atoms with van der Waals surface area (Å²) in [6.45, 7) is 2.82. The molecule has 2 aliphatic rings. The van der Waals surface area contributed by atoms with Crippen LogP contribution >= 0.6 is 11.6 Å². The fourth-order valence-corrected chi connectivity index (χ4v) is 3.78. The number of rotatable bonds is 3. The Morgan fingerprint density at radius 2 is 2.26 bits per heavy atom. The molecule has 120 valence electrons. The maximum absolute atomic E-state index is 12.8. The second kappa shape index (κ2) is 5.38. The molecule has 1 N–H and O–H groups in total. The normalized spacial score (nSPS) is 21.6. The van der Waals surface area contributed by atoms with E-state index in [-0.39, 0.29) is 17.4 Å². The third kappa shape index (κ3) is 2.65. The lowest BCUT2D eigenvalue weighted by atomic mass is 9.94. The molecule has 23 heavy (non-hydrogen) atoms. The van der Waals surface area contributed by atoms with Crippen LogP contribution in [0.4, 0.5) is 0 Å². The second-order valence-electron chi connectivity index (χ2n) is 6.75. The third-order valence-electron chi connectivity index (χ3n) is 5.01. The van der Waals surface area contributed by atoms with Crippen LogP contribution in [0.2, 0.25) is 5.02 Å². The molecule has 1 aliphatic heterocycles. The Hall–Kier alpha value is -1.81. The van der Waals surface area contributed by atoms with Crippen LogP contribution in [-0.2, 0) is 23.2 Å². The van der Waals surface area contributed by atoms with Gasteiger partial charge in [0.25, 0.3) is 0 Å². The van der Waals surface area contributed by atoms with E-state index < -0.39 is 0 Å². The third-order valence-corrected chi connectivity index (χ3v) is 5.25. The predicted octanol–water partition coefficient (Wildman–Crippen LogP) is 3.01. The van der Waals surface area contributed by atoms with Gasteiger partial charge in [-0.15, -0.1) is 0 Å². The second-order valence-corrected chi connectivity index (χ2v) is 7.19. The summed E-state index contributed by atoms with van der Waals surface area (Å²) in [6.07, 6.45) is 5.75. The lowest BCUT2D eigenvalue weighted by Crippen LogP contribution is -2.45. The maximum atomic E-state index is 12.8. The number of aryl methyl sites for hydroxylation is 2. The van der Waals surface area contributed by atoms with Crippen LogP contribution in [0.1, 0.15) is 36.3 Å². The van der Waals surface area contributed by atoms with Gasteiger partial charge in [0.2, 0.25) is 5.91 Å². The average Bonchev–Trinajstić information content (AvgIpc) is 3.24. The number of hydrogen-bond donors (Lipinski definition) is 1. The first kappa shape index (κ1) is 14.8. The van der Waals surface area contributed by atoms with Crippen LogP contribution < -0.4 is 5.32 Å². The van der Waals surface area contributed by atoms with E-state index in [2.05, 4.69) is 21.1 Å². The van der Waals surface area contributed by atoms with E-state index in [1.807, 2.05) is 31.2 Å². The monoisotopic (exact) mass is 329 g/mol. The van der Waals surface area contributed by atoms with Crippen molar-refractivity contribution >= 4 is 17.5 Å². The molecule has 4 nitrogen and oxygen atoms in total. The fourth-order valence-electron chi connectivity index (χ4n) is 3.59. The van der Waals surface area contributed by atoms with E-state index in [4.69, 9.17) is 11.6 Å². The highest BCUT2D eigenvalue weighted by Crippen LogP contribution is 2.49. The lowest BCUT2D eigenvalue weighted by molar-refractivity contribution is -0.124. The molecule has 1 aromatic carbocycles. The zero-order chi connectivity index (χ0) is 16.0. The van der Waals surface area contributed by atoms with Gasteiger partial charge in [-0.2, -0.15) is 0 Å². The Bertz CT molecular complexity index is 763. The van der Waals surface area contributed by atoms with Gasteiger partial charge >= 0.3 is 0 Å². The molecule has 0 radical (unpaired) electrons. The summed E-state index contributed by atoms with van der Waals surface area (Å²) in [4.78, 5) is 17.4. The highest BCUT2D eigenvalue weighted by atomic mass is 35.5. The minimum Gasteiger partial charge on any atom is -0.351 e. The number of nitrogens with one attached hydrogen (secondary N) is 1. The van der Waals surface area contributed by atoms with E-state index >= 15 is 0 Å². The standard InChI is InChI=1S/C18H20ClN3O/c1-12-10-22-11-15(5-6-16(22)20-12)21-17(23)18(7-8-18)13-3-2-4-14(19)9-13/h2-4,9-10,15H,5-8,11H2,1H3,(H,21,23). The molecule has 1 aromatic heterocycles. The summed E-state index contributed by atoms with van der Waals surface area (Å²) in [5, 5.41) is 3.95. The van der Waals surface area contributed by atoms with Crippen molar-refractivity contribution in [2.75, 3.05) is 0 Å². The van der Waals surface area contributed by atoms with Gasteiger partial charge in [-0.3, -0.25) is 4.79 Å². The number of aromatic nitrogens is 2. The van der Waals surface area contributed by atoms with Crippen LogP contribution in [0.15, 0.2) is 30.5 Å². The summed E-state index contributed by atoms with van der Waals surface area (Å²) in [6, 6.07) is 7.89. The number of amides is 1. The molecular formula is C18H20ClN3O. The van der Waals surface area contributed by atoms with Crippen molar-refractivity contribution in [1.82, 2.24) is 14.9 Å². The Labute approximate surface area is 140 Å². The number of nitrogens with zero attached hydrogens (tertiary/aromatic N) is 2. The summed E-state index contributed by atoms with van der Waals surface area (Å²) < 4.78 is 2.17. The number of carbonyl (C=O) groups is 1. The summed E-state index contributed by atoms with van der Waals surface area (Å²) in [5.74, 6) is 1.27. The van der Waals surface area contributed by atoms with Gasteiger partial charge in [-0.05, 0) is 43.9 Å². The molecule has 2 aromatic rings. The maximum Gasteiger partial charge on any atom is 0.230 e. The first-order valence-electron chi connectivity index (χ1n) is 8.16. The number of imidazole rings is 1. The zero-order valence-corrected chi connectivity index (χ0v) is 13.9. The van der Waals surface area contributed by atoms with Gasteiger partial charge in [0.05, 0.1) is 11.1 Å². The van der Waals surface area contributed by atoms with Crippen molar-refractivity contribution in [3.8, 4) is 0 Å². The van der Waals surface area contributed by atoms with Crippen molar-refractivity contribution in [1.29, 1.82) is 0 Å². The topological polar surface area (TPSA) is 46.9 Å². The minimum atomic E-state index is -0.365. The van der Waals surface area contributed by atoms with E-state index in [0.717, 1.165) is 49.3 Å². The van der Waals surface area contributed by atoms with Crippen molar-refractivity contribution < 1.29 is 4.79 Å². The van der Waals surface area contributed by atoms with Crippen LogP contribution in [0, 0.1) is 6.92 Å². The smallest absolute Gasteiger partial charge is 0.230 e. The molecule has 1 amide bonds. The zero-order valence-electron chi connectivity index (χ0n) is 13.2. The molecule has 1 saturated carbocycles. The van der Waals surface area contributed by atoms with Crippen molar-refractivity contribution in [2.24, 2.45) is 0 Å². The van der Waals surface area contributed by atoms with E-state index in [9.17, 15) is 4.79 Å². The molecule has 1 atom stereocenters. The van der Waals surface area contributed by atoms with Crippen LogP contribution in [0.3, 0.4) is 0 Å². The van der Waals surface area contributed by atoms with Gasteiger partial charge in [0.1, 0.15) is 5.82 Å². The van der Waals surface area contributed by atoms with E-state index in [0.29, 0.717) is 5.02 Å². The SMILES string of the molecule is Cc1cn2c(n1)CCC(NC(=O)C1(c3cccc(Cl)c3)CC1)C2. The largest absolute Gasteiger partial charge is 0.351 e. The van der Waals surface area contributed by atoms with Crippen molar-refractivity contribution in [3.63, 3.8) is 0 Å². The van der Waals surface area contributed by atoms with Crippen molar-refractivity contribution in [3.05, 3.63) is 52.6 Å². The van der Waals surface area contributed by atoms with Crippen molar-refractivity contribution in [2.45, 2.75) is 50.6 Å². The van der Waals surface area contributed by atoms with Gasteiger partial charge in [-0.25, -0.2) is 4.98 Å². The number of halogens is 1. The summed E-state index contributed by atoms with van der Waals surface area (Å²) in [5.41, 5.74) is 1.72. The first-order valence-corrected chi connectivity index (χ1v) is 8.54. The molecule has 5 heteroatoms. The lowest BCUT2D eigenvalue weighted by Gasteiger charge is -2.27. The quantitative estimate of drug-likeness (QED) is 0.941. The predicted molar refractivity (Wildman–Crippen MR) is 89.6 cm³/mol. The molecule has 0 bridgehead atoms. The number of benzene rings is 1. The van der Waals surface area contributed by atoms with Crippen LogP contribution in [0.25, 0.3) is 0 Å². The fraction of sp³-hybridized carbons (Fsp3) is 0.444. The number of carbonyl (C=O) groups excluding carboxylic acids is 1. The molecular weight excluding hydrogens is 310 g/mol. The summed E-state index contributed by atoms with van der Waals surface area (Å²) in [7, 11) is 0. The Morgan fingerprint density at radius 1 is 1.43 bits per heavy atom. The molecule has 4 rings (SSSR count). The highest BCUT2D eigenvalue weighted by Gasteiger charge is 2.51. The molecule has 0 spiro atoms. The van der Waals surface area contributed by atoms with E-state index in [1.165, 1.54) is 0 Å². The molecule has 1 aliphatic carbocycles. The minimum absolute atomic E-state index is 0.144. The van der Waals surface area contributed by atoms with Gasteiger partial charge in [-0.1, -0.05) is 23.7 Å². The molecule has 1 unspecified atom stereocenters. The number of hydrogen-bond acceptors (Lipinski definition) is 2. The van der Waals surface area contributed by atoms with Gasteiger partial charge in [0, 0.05) is 30.2 Å². The Kier molecular flexibility index (Phi) is 3.45. The molecule has 0 saturated heterocycles. The van der Waals surface area contributed by atoms with Crippen LogP contribution in [0.5, 0.6) is 0 Å². The average molecular weight is 330 g/mol. The first-order chi connectivity index (χ1) is 11.1. The summed E-state index contributed by atoms with van der Waals surface area (Å²) >= 11 is 6.09.